The van der Waals surface area contributed by atoms with Gasteiger partial charge in [-0.1, -0.05) is 44.7 Å². The summed E-state index contributed by atoms with van der Waals surface area (Å²) in [6, 6.07) is 12.4. The van der Waals surface area contributed by atoms with Crippen LogP contribution in [0.25, 0.3) is 17.0 Å². The molecule has 40 heavy (non-hydrogen) atoms. The number of amides is 2. The smallest absolute Gasteiger partial charge is 0.294 e. The molecule has 10 nitrogen and oxygen atoms in total. The van der Waals surface area contributed by atoms with Crippen molar-refractivity contribution in [3.8, 4) is 11.3 Å². The van der Waals surface area contributed by atoms with Crippen LogP contribution in [0.3, 0.4) is 0 Å². The Balaban J connectivity index is 1.89. The quantitative estimate of drug-likeness (QED) is 0.216. The number of aromatic nitrogens is 2. The van der Waals surface area contributed by atoms with Crippen molar-refractivity contribution in [1.29, 1.82) is 0 Å². The molecule has 0 atom stereocenters. The maximum atomic E-state index is 13.4. The van der Waals surface area contributed by atoms with E-state index in [1.54, 1.807) is 18.2 Å². The van der Waals surface area contributed by atoms with Gasteiger partial charge < -0.3 is 27.4 Å². The number of nitrogens with zero attached hydrogens (tertiary/aromatic N) is 2. The van der Waals surface area contributed by atoms with Crippen molar-refractivity contribution in [2.24, 2.45) is 11.7 Å². The lowest BCUT2D eigenvalue weighted by Gasteiger charge is -2.17. The van der Waals surface area contributed by atoms with E-state index in [0.29, 0.717) is 40.7 Å². The van der Waals surface area contributed by atoms with Crippen LogP contribution >= 0.6 is 0 Å². The van der Waals surface area contributed by atoms with E-state index in [-0.39, 0.29) is 36.8 Å². The Morgan fingerprint density at radius 2 is 1.75 bits per heavy atom. The van der Waals surface area contributed by atoms with Gasteiger partial charge in [-0.2, -0.15) is 0 Å². The predicted octanol–water partition coefficient (Wildman–Crippen LogP) is 3.93. The average Bonchev–Trinajstić information content (AvgIpc) is 2.88. The van der Waals surface area contributed by atoms with Gasteiger partial charge in [0.05, 0.1) is 11.9 Å². The highest BCUT2D eigenvalue weighted by Gasteiger charge is 2.17. The normalized spacial score (nSPS) is 10.9. The molecule has 0 aliphatic carbocycles. The zero-order chi connectivity index (χ0) is 29.4. The Kier molecular flexibility index (Phi) is 10.1. The number of carbonyl (C=O) groups is 2. The second-order valence-electron chi connectivity index (χ2n) is 10.5. The van der Waals surface area contributed by atoms with Crippen LogP contribution in [-0.2, 0) is 22.7 Å². The molecule has 3 rings (SSSR count). The van der Waals surface area contributed by atoms with E-state index in [9.17, 15) is 14.4 Å². The summed E-state index contributed by atoms with van der Waals surface area (Å²) in [5.41, 5.74) is 15.4. The van der Waals surface area contributed by atoms with Crippen molar-refractivity contribution >= 4 is 34.7 Å². The van der Waals surface area contributed by atoms with Crippen LogP contribution in [0.5, 0.6) is 0 Å². The van der Waals surface area contributed by atoms with Crippen molar-refractivity contribution in [3.63, 3.8) is 0 Å². The number of rotatable bonds is 12. The zero-order valence-corrected chi connectivity index (χ0v) is 23.6. The van der Waals surface area contributed by atoms with Crippen LogP contribution in [0.15, 0.2) is 60.0 Å². The van der Waals surface area contributed by atoms with Crippen LogP contribution < -0.4 is 33.0 Å². The third-order valence-electron chi connectivity index (χ3n) is 6.08. The summed E-state index contributed by atoms with van der Waals surface area (Å²) in [5.74, 6) is 0.0521. The molecule has 10 heteroatoms. The molecule has 0 fully saturated rings. The predicted molar refractivity (Wildman–Crippen MR) is 161 cm³/mol. The number of nitrogen functional groups attached to an aromatic ring is 1. The lowest BCUT2D eigenvalue weighted by Crippen LogP contribution is -2.35. The second-order valence-corrected chi connectivity index (χ2v) is 10.5. The van der Waals surface area contributed by atoms with Crippen molar-refractivity contribution in [1.82, 2.24) is 14.9 Å². The zero-order valence-electron chi connectivity index (χ0n) is 23.6. The minimum atomic E-state index is -0.447. The second kappa shape index (κ2) is 13.5. The summed E-state index contributed by atoms with van der Waals surface area (Å²) in [6.45, 7) is 11.6. The van der Waals surface area contributed by atoms with Gasteiger partial charge in [-0.15, -0.1) is 0 Å². The third kappa shape index (κ3) is 8.45. The molecule has 0 radical (unpaired) electrons. The first kappa shape index (κ1) is 29.9. The molecule has 0 spiro atoms. The Morgan fingerprint density at radius 1 is 1.05 bits per heavy atom. The van der Waals surface area contributed by atoms with Gasteiger partial charge in [0.25, 0.3) is 5.56 Å². The Bertz CT molecular complexity index is 1430. The van der Waals surface area contributed by atoms with Crippen LogP contribution in [-0.4, -0.2) is 27.4 Å². The topological polar surface area (TPSA) is 157 Å². The number of benzene rings is 2. The first-order valence-corrected chi connectivity index (χ1v) is 13.3. The summed E-state index contributed by atoms with van der Waals surface area (Å²) in [6.07, 6.45) is 2.67. The van der Waals surface area contributed by atoms with Gasteiger partial charge in [0.2, 0.25) is 11.8 Å². The summed E-state index contributed by atoms with van der Waals surface area (Å²) in [7, 11) is 0. The van der Waals surface area contributed by atoms with E-state index in [1.165, 1.54) is 10.8 Å². The first-order valence-electron chi connectivity index (χ1n) is 13.3. The van der Waals surface area contributed by atoms with Gasteiger partial charge in [-0.25, -0.2) is 4.98 Å². The molecule has 0 aliphatic rings. The lowest BCUT2D eigenvalue weighted by molar-refractivity contribution is -0.122. The molecule has 0 saturated carbocycles. The maximum absolute atomic E-state index is 13.4. The van der Waals surface area contributed by atoms with E-state index in [2.05, 4.69) is 41.4 Å². The first-order chi connectivity index (χ1) is 18.9. The van der Waals surface area contributed by atoms with Gasteiger partial charge in [0.1, 0.15) is 6.54 Å². The van der Waals surface area contributed by atoms with Crippen LogP contribution in [0.4, 0.5) is 17.2 Å². The Hall–Kier alpha value is -4.60. The van der Waals surface area contributed by atoms with Gasteiger partial charge >= 0.3 is 0 Å². The fourth-order valence-electron chi connectivity index (χ4n) is 4.00. The van der Waals surface area contributed by atoms with Crippen LogP contribution in [0.2, 0.25) is 0 Å². The molecule has 0 saturated heterocycles. The van der Waals surface area contributed by atoms with E-state index in [0.717, 1.165) is 17.5 Å². The van der Waals surface area contributed by atoms with Gasteiger partial charge in [-0.3, -0.25) is 19.0 Å². The summed E-state index contributed by atoms with van der Waals surface area (Å²) >= 11 is 0. The maximum Gasteiger partial charge on any atom is 0.294 e. The SMILES string of the molecule is C=C(N)c1ccc(CNC(=O)Cn2c(-c3cc(N)cc(NC(=O)CCC(C)C)c3)cnc(NC(C)C)c2=O)cc1. The van der Waals surface area contributed by atoms with E-state index in [1.807, 2.05) is 38.1 Å². The fourth-order valence-corrected chi connectivity index (χ4v) is 4.00. The molecule has 0 unspecified atom stereocenters. The Morgan fingerprint density at radius 3 is 2.38 bits per heavy atom. The third-order valence-corrected chi connectivity index (χ3v) is 6.08. The fraction of sp³-hybridized carbons (Fsp3) is 0.333. The van der Waals surface area contributed by atoms with Crippen molar-refractivity contribution < 1.29 is 9.59 Å². The highest BCUT2D eigenvalue weighted by molar-refractivity contribution is 5.92. The number of carbonyl (C=O) groups excluding carboxylic acids is 2. The standard InChI is InChI=1S/C30H39N7O3/c1-18(2)6-11-27(38)36-25-13-23(12-24(32)14-25)26-16-34-29(35-19(3)4)30(40)37(26)17-28(39)33-15-21-7-9-22(10-8-21)20(5)31/h7-10,12-14,16,18-19H,5-6,11,15,17,31-32H2,1-4H3,(H,33,39)(H,34,35)(H,36,38). The van der Waals surface area contributed by atoms with E-state index >= 15 is 0 Å². The van der Waals surface area contributed by atoms with Gasteiger partial charge in [0.15, 0.2) is 5.82 Å². The Labute approximate surface area is 234 Å². The monoisotopic (exact) mass is 545 g/mol. The van der Waals surface area contributed by atoms with Crippen molar-refractivity contribution in [2.45, 2.75) is 59.7 Å². The van der Waals surface area contributed by atoms with E-state index in [4.69, 9.17) is 11.5 Å². The molecule has 3 aromatic rings. The molecule has 1 aromatic heterocycles. The average molecular weight is 546 g/mol. The molecule has 1 heterocycles. The molecule has 2 aromatic carbocycles. The number of nitrogens with two attached hydrogens (primary N) is 2. The molecular formula is C30H39N7O3. The highest BCUT2D eigenvalue weighted by Crippen LogP contribution is 2.26. The van der Waals surface area contributed by atoms with Crippen molar-refractivity contribution in [3.05, 3.63) is 76.7 Å². The molecule has 7 N–H and O–H groups in total. The number of nitrogens with one attached hydrogen (secondary N) is 3. The van der Waals surface area contributed by atoms with Crippen molar-refractivity contribution in [2.75, 3.05) is 16.4 Å². The molecule has 2 amide bonds. The minimum Gasteiger partial charge on any atom is -0.399 e. The molecule has 0 aliphatic heterocycles. The van der Waals surface area contributed by atoms with Gasteiger partial charge in [-0.05, 0) is 55.5 Å². The number of hydrogen-bond acceptors (Lipinski definition) is 7. The number of anilines is 3. The molecule has 0 bridgehead atoms. The van der Waals surface area contributed by atoms with E-state index < -0.39 is 5.56 Å². The highest BCUT2D eigenvalue weighted by atomic mass is 16.2. The largest absolute Gasteiger partial charge is 0.399 e. The minimum absolute atomic E-state index is 0.0408. The molecular weight excluding hydrogens is 506 g/mol. The van der Waals surface area contributed by atoms with Crippen LogP contribution in [0, 0.1) is 5.92 Å². The number of hydrogen-bond donors (Lipinski definition) is 5. The van der Waals surface area contributed by atoms with Crippen LogP contribution in [0.1, 0.15) is 51.7 Å². The van der Waals surface area contributed by atoms with Gasteiger partial charge in [0, 0.05) is 41.6 Å². The summed E-state index contributed by atoms with van der Waals surface area (Å²) < 4.78 is 1.35. The summed E-state index contributed by atoms with van der Waals surface area (Å²) in [5, 5.41) is 8.77. The summed E-state index contributed by atoms with van der Waals surface area (Å²) in [4.78, 5) is 43.2. The molecule has 212 valence electrons. The lowest BCUT2D eigenvalue weighted by atomic mass is 10.1.